The maximum atomic E-state index is 15.8. The van der Waals surface area contributed by atoms with Gasteiger partial charge >= 0.3 is 0 Å². The molecule has 2 rings (SSSR count). The van der Waals surface area contributed by atoms with Crippen molar-refractivity contribution in [3.63, 3.8) is 0 Å². The van der Waals surface area contributed by atoms with Crippen LogP contribution in [-0.2, 0) is 0 Å². The van der Waals surface area contributed by atoms with Gasteiger partial charge < -0.3 is 4.43 Å². The molecule has 2 aromatic carbocycles. The fourth-order valence-corrected chi connectivity index (χ4v) is 17.4. The summed E-state index contributed by atoms with van der Waals surface area (Å²) in [4.78, 5) is 0. The van der Waals surface area contributed by atoms with Crippen LogP contribution in [0.25, 0.3) is 10.8 Å². The average Bonchev–Trinajstić information content (AvgIpc) is 3.01. The van der Waals surface area contributed by atoms with Crippen molar-refractivity contribution < 1.29 is 30.8 Å². The van der Waals surface area contributed by atoms with Crippen molar-refractivity contribution in [1.29, 1.82) is 0 Å². The molecule has 0 N–H and O–H groups in total. The van der Waals surface area contributed by atoms with Crippen LogP contribution < -0.4 is 4.43 Å². The molecule has 1 unspecified atom stereocenters. The SMILES string of the molecule is CCCCCCCCC[Si](CCCCCC[Si](CCC)(CCC)CCC)(Oc1c(F)c(F)c2c(F)c(F)c(F)cc2c1F)C(C)C. The van der Waals surface area contributed by atoms with E-state index in [1.165, 1.54) is 62.7 Å². The van der Waals surface area contributed by atoms with Gasteiger partial charge in [0.2, 0.25) is 5.82 Å². The quantitative estimate of drug-likeness (QED) is 0.0350. The predicted octanol–water partition coefficient (Wildman–Crippen LogP) is 14.4. The van der Waals surface area contributed by atoms with Crippen LogP contribution in [0.4, 0.5) is 26.3 Å². The Morgan fingerprint density at radius 2 is 0.978 bits per heavy atom. The number of fused-ring (bicyclic) bond motifs is 1. The third-order valence-corrected chi connectivity index (χ3v) is 21.4. The topological polar surface area (TPSA) is 9.23 Å². The van der Waals surface area contributed by atoms with Gasteiger partial charge in [-0.1, -0.05) is 156 Å². The first-order valence-corrected chi connectivity index (χ1v) is 23.5. The number of hydrogen-bond donors (Lipinski definition) is 0. The maximum absolute atomic E-state index is 15.8. The first kappa shape index (κ1) is 40.7. The van der Waals surface area contributed by atoms with E-state index in [1.54, 1.807) is 0 Å². The molecule has 0 saturated heterocycles. The van der Waals surface area contributed by atoms with E-state index in [0.29, 0.717) is 18.2 Å². The normalized spacial score (nSPS) is 13.6. The molecule has 0 aliphatic rings. The second-order valence-corrected chi connectivity index (χ2v) is 23.5. The minimum atomic E-state index is -2.93. The van der Waals surface area contributed by atoms with Gasteiger partial charge in [-0.05, 0) is 23.7 Å². The Morgan fingerprint density at radius 3 is 1.46 bits per heavy atom. The Kier molecular flexibility index (Phi) is 17.8. The van der Waals surface area contributed by atoms with Crippen molar-refractivity contribution in [2.24, 2.45) is 0 Å². The third-order valence-electron chi connectivity index (χ3n) is 10.2. The highest BCUT2D eigenvalue weighted by molar-refractivity contribution is 6.79. The maximum Gasteiger partial charge on any atom is 0.254 e. The molecule has 0 aromatic heterocycles. The molecule has 0 aliphatic carbocycles. The van der Waals surface area contributed by atoms with Gasteiger partial charge in [-0.15, -0.1) is 0 Å². The molecule has 9 heteroatoms. The monoisotopic (exact) mass is 690 g/mol. The number of unbranched alkanes of at least 4 members (excludes halogenated alkanes) is 9. The van der Waals surface area contributed by atoms with E-state index in [-0.39, 0.29) is 5.54 Å². The minimum Gasteiger partial charge on any atom is -0.539 e. The summed E-state index contributed by atoms with van der Waals surface area (Å²) in [5.74, 6) is -11.3. The zero-order valence-electron chi connectivity index (χ0n) is 29.5. The molecule has 0 spiro atoms. The van der Waals surface area contributed by atoms with E-state index in [0.717, 1.165) is 51.4 Å². The molecule has 1 atom stereocenters. The van der Waals surface area contributed by atoms with Crippen LogP contribution in [0.3, 0.4) is 0 Å². The van der Waals surface area contributed by atoms with E-state index in [9.17, 15) is 13.2 Å². The molecular formula is C37H60F6OSi2. The molecule has 0 heterocycles. The second-order valence-electron chi connectivity index (χ2n) is 14.0. The zero-order valence-corrected chi connectivity index (χ0v) is 31.5. The fourth-order valence-electron chi connectivity index (χ4n) is 7.63. The van der Waals surface area contributed by atoms with Gasteiger partial charge in [0, 0.05) is 5.39 Å². The summed E-state index contributed by atoms with van der Waals surface area (Å²) in [6.45, 7) is 13.1. The molecule has 0 amide bonds. The van der Waals surface area contributed by atoms with Crippen molar-refractivity contribution >= 4 is 27.2 Å². The highest BCUT2D eigenvalue weighted by atomic mass is 28.4. The van der Waals surface area contributed by atoms with Gasteiger partial charge in [0.1, 0.15) is 0 Å². The zero-order chi connectivity index (χ0) is 34.3. The van der Waals surface area contributed by atoms with E-state index >= 15 is 13.2 Å². The largest absolute Gasteiger partial charge is 0.539 e. The molecule has 0 fully saturated rings. The van der Waals surface area contributed by atoms with Crippen molar-refractivity contribution in [3.8, 4) is 5.75 Å². The number of benzene rings is 2. The molecule has 1 nitrogen and oxygen atoms in total. The minimum absolute atomic E-state index is 0.0365. The Bertz CT molecular complexity index is 1190. The van der Waals surface area contributed by atoms with E-state index in [1.807, 2.05) is 13.8 Å². The van der Waals surface area contributed by atoms with Gasteiger partial charge in [0.05, 0.1) is 13.5 Å². The Labute approximate surface area is 277 Å². The van der Waals surface area contributed by atoms with Gasteiger partial charge in [-0.25, -0.2) is 22.0 Å². The van der Waals surface area contributed by atoms with Gasteiger partial charge in [0.25, 0.3) is 8.32 Å². The van der Waals surface area contributed by atoms with Crippen LogP contribution in [0.1, 0.15) is 131 Å². The standard InChI is InChI=1S/C37H60F6OSi2/c1-7-11-12-13-14-15-19-25-46(28(5)6,26-20-17-16-18-24-45(21-8-2,22-9-3)23-10-4)44-37-32(39)29-27-30(38)33(40)34(41)31(29)35(42)36(37)43/h27-28H,7-26H2,1-6H3. The third kappa shape index (κ3) is 10.8. The smallest absolute Gasteiger partial charge is 0.254 e. The van der Waals surface area contributed by atoms with Crippen LogP contribution in [0.5, 0.6) is 5.75 Å². The van der Waals surface area contributed by atoms with Gasteiger partial charge in [-0.3, -0.25) is 0 Å². The van der Waals surface area contributed by atoms with Crippen LogP contribution in [0.15, 0.2) is 6.07 Å². The van der Waals surface area contributed by atoms with E-state index in [2.05, 4.69) is 27.7 Å². The van der Waals surface area contributed by atoms with Crippen LogP contribution in [0.2, 0.25) is 41.8 Å². The Hall–Kier alpha value is -1.49. The summed E-state index contributed by atoms with van der Waals surface area (Å²) in [6, 6.07) is 7.23. The summed E-state index contributed by atoms with van der Waals surface area (Å²) >= 11 is 0. The van der Waals surface area contributed by atoms with E-state index in [4.69, 9.17) is 4.43 Å². The molecular weight excluding hydrogens is 631 g/mol. The Morgan fingerprint density at radius 1 is 0.522 bits per heavy atom. The molecule has 0 bridgehead atoms. The van der Waals surface area contributed by atoms with Crippen molar-refractivity contribution in [2.75, 3.05) is 0 Å². The number of halogens is 6. The molecule has 0 saturated carbocycles. The molecule has 0 radical (unpaired) electrons. The first-order chi connectivity index (χ1) is 21.9. The summed E-state index contributed by atoms with van der Waals surface area (Å²) in [7, 11) is -4.19. The van der Waals surface area contributed by atoms with Crippen LogP contribution in [0, 0.1) is 34.9 Å². The summed E-state index contributed by atoms with van der Waals surface area (Å²) in [5.41, 5.74) is -0.0365. The molecule has 2 aromatic rings. The Balaban J connectivity index is 2.30. The van der Waals surface area contributed by atoms with E-state index < -0.39 is 67.8 Å². The lowest BCUT2D eigenvalue weighted by Gasteiger charge is -2.36. The lowest BCUT2D eigenvalue weighted by molar-refractivity contribution is 0.403. The van der Waals surface area contributed by atoms with Crippen molar-refractivity contribution in [3.05, 3.63) is 41.0 Å². The lowest BCUT2D eigenvalue weighted by atomic mass is 10.1. The average molecular weight is 691 g/mol. The molecule has 46 heavy (non-hydrogen) atoms. The fraction of sp³-hybridized carbons (Fsp3) is 0.730. The second kappa shape index (κ2) is 20.1. The highest BCUT2D eigenvalue weighted by Crippen LogP contribution is 2.42. The van der Waals surface area contributed by atoms with Crippen LogP contribution in [-0.4, -0.2) is 16.4 Å². The number of hydrogen-bond acceptors (Lipinski definition) is 1. The van der Waals surface area contributed by atoms with Gasteiger partial charge in [0.15, 0.2) is 34.8 Å². The summed E-state index contributed by atoms with van der Waals surface area (Å²) in [5, 5.41) is -2.09. The van der Waals surface area contributed by atoms with Crippen molar-refractivity contribution in [2.45, 2.75) is 173 Å². The van der Waals surface area contributed by atoms with Gasteiger partial charge in [-0.2, -0.15) is 4.39 Å². The summed E-state index contributed by atoms with van der Waals surface area (Å²) < 4.78 is 95.1. The summed E-state index contributed by atoms with van der Waals surface area (Å²) in [6.07, 6.45) is 15.4. The first-order valence-electron chi connectivity index (χ1n) is 18.3. The van der Waals surface area contributed by atoms with Crippen LogP contribution >= 0.6 is 0 Å². The molecule has 264 valence electrons. The van der Waals surface area contributed by atoms with Crippen molar-refractivity contribution in [1.82, 2.24) is 0 Å². The predicted molar refractivity (Wildman–Crippen MR) is 187 cm³/mol. The highest BCUT2D eigenvalue weighted by Gasteiger charge is 2.42. The lowest BCUT2D eigenvalue weighted by Crippen LogP contribution is -2.45. The molecule has 0 aliphatic heterocycles. The number of rotatable bonds is 24.